The first-order chi connectivity index (χ1) is 14.7. The molecule has 1 aromatic heterocycles. The van der Waals surface area contributed by atoms with Crippen molar-refractivity contribution in [1.29, 1.82) is 0 Å². The average molecular weight is 404 g/mol. The molecule has 4 rings (SSSR count). The smallest absolute Gasteiger partial charge is 0.237 e. The topological polar surface area (TPSA) is 48.7 Å². The van der Waals surface area contributed by atoms with Gasteiger partial charge in [0.05, 0.1) is 24.9 Å². The van der Waals surface area contributed by atoms with Gasteiger partial charge in [0, 0.05) is 26.2 Å². The Morgan fingerprint density at radius 1 is 0.867 bits per heavy atom. The Kier molecular flexibility index (Phi) is 6.62. The number of hydrogen-bond acceptors (Lipinski definition) is 4. The highest BCUT2D eigenvalue weighted by atomic mass is 16.3. The van der Waals surface area contributed by atoms with Crippen LogP contribution in [0.1, 0.15) is 29.9 Å². The van der Waals surface area contributed by atoms with E-state index in [-0.39, 0.29) is 18.0 Å². The molecule has 0 radical (unpaired) electrons. The van der Waals surface area contributed by atoms with Gasteiger partial charge in [-0.05, 0) is 30.2 Å². The minimum atomic E-state index is -0.158. The molecule has 0 saturated carbocycles. The van der Waals surface area contributed by atoms with Crippen molar-refractivity contribution in [3.8, 4) is 0 Å². The number of amides is 1. The molecule has 2 heterocycles. The van der Waals surface area contributed by atoms with Crippen molar-refractivity contribution in [2.24, 2.45) is 0 Å². The van der Waals surface area contributed by atoms with E-state index in [0.717, 1.165) is 31.9 Å². The molecule has 2 aromatic carbocycles. The van der Waals surface area contributed by atoms with Crippen LogP contribution >= 0.6 is 0 Å². The minimum absolute atomic E-state index is 0.0440. The number of rotatable bonds is 7. The molecule has 0 spiro atoms. The van der Waals surface area contributed by atoms with E-state index >= 15 is 0 Å². The fourth-order valence-corrected chi connectivity index (χ4v) is 4.17. The lowest BCUT2D eigenvalue weighted by atomic mass is 9.96. The summed E-state index contributed by atoms with van der Waals surface area (Å²) in [5.41, 5.74) is 2.61. The van der Waals surface area contributed by atoms with Gasteiger partial charge in [-0.15, -0.1) is 0 Å². The molecule has 5 nitrogen and oxygen atoms in total. The number of furan rings is 1. The number of carbonyl (C=O) groups is 1. The predicted octanol–water partition coefficient (Wildman–Crippen LogP) is 3.69. The second-order valence-electron chi connectivity index (χ2n) is 7.77. The molecular formula is C25H29N3O2. The molecular weight excluding hydrogens is 374 g/mol. The molecule has 1 fully saturated rings. The van der Waals surface area contributed by atoms with Crippen LogP contribution in [0.15, 0.2) is 83.5 Å². The molecule has 0 aliphatic carbocycles. The van der Waals surface area contributed by atoms with Crippen molar-refractivity contribution in [3.63, 3.8) is 0 Å². The lowest BCUT2D eigenvalue weighted by molar-refractivity contribution is -0.126. The number of benzene rings is 2. The van der Waals surface area contributed by atoms with Crippen LogP contribution in [-0.4, -0.2) is 47.9 Å². The Bertz CT molecular complexity index is 865. The van der Waals surface area contributed by atoms with Crippen molar-refractivity contribution >= 4 is 5.91 Å². The third kappa shape index (κ3) is 4.81. The quantitative estimate of drug-likeness (QED) is 0.654. The summed E-state index contributed by atoms with van der Waals surface area (Å²) in [7, 11) is 0. The maximum atomic E-state index is 12.6. The average Bonchev–Trinajstić information content (AvgIpc) is 3.33. The van der Waals surface area contributed by atoms with Crippen LogP contribution in [0, 0.1) is 0 Å². The number of piperazine rings is 1. The Hall–Kier alpha value is -2.89. The molecule has 156 valence electrons. The van der Waals surface area contributed by atoms with Crippen LogP contribution < -0.4 is 5.32 Å². The summed E-state index contributed by atoms with van der Waals surface area (Å²) in [6, 6.07) is 25.1. The van der Waals surface area contributed by atoms with Crippen molar-refractivity contribution in [2.45, 2.75) is 25.6 Å². The molecule has 0 unspecified atom stereocenters. The van der Waals surface area contributed by atoms with E-state index in [9.17, 15) is 4.79 Å². The molecule has 0 bridgehead atoms. The zero-order chi connectivity index (χ0) is 20.8. The predicted molar refractivity (Wildman–Crippen MR) is 118 cm³/mol. The summed E-state index contributed by atoms with van der Waals surface area (Å²) in [5, 5.41) is 2.98. The van der Waals surface area contributed by atoms with Gasteiger partial charge in [-0.25, -0.2) is 0 Å². The van der Waals surface area contributed by atoms with Gasteiger partial charge in [0.25, 0.3) is 0 Å². The lowest BCUT2D eigenvalue weighted by Gasteiger charge is -2.41. The number of hydrogen-bond donors (Lipinski definition) is 1. The molecule has 5 heteroatoms. The van der Waals surface area contributed by atoms with Crippen molar-refractivity contribution in [1.82, 2.24) is 15.1 Å². The van der Waals surface area contributed by atoms with Gasteiger partial charge < -0.3 is 9.73 Å². The molecule has 1 aliphatic rings. The molecule has 1 N–H and O–H groups in total. The highest BCUT2D eigenvalue weighted by molar-refractivity contribution is 5.81. The normalized spacial score (nSPS) is 16.5. The molecule has 1 aliphatic heterocycles. The summed E-state index contributed by atoms with van der Waals surface area (Å²) < 4.78 is 5.30. The van der Waals surface area contributed by atoms with Crippen molar-refractivity contribution in [3.05, 3.63) is 95.9 Å². The molecule has 1 amide bonds. The van der Waals surface area contributed by atoms with Gasteiger partial charge in [0.2, 0.25) is 5.91 Å². The maximum absolute atomic E-state index is 12.6. The zero-order valence-corrected chi connectivity index (χ0v) is 17.4. The van der Waals surface area contributed by atoms with Gasteiger partial charge >= 0.3 is 0 Å². The third-order valence-electron chi connectivity index (χ3n) is 5.89. The van der Waals surface area contributed by atoms with Crippen LogP contribution in [-0.2, 0) is 11.3 Å². The molecule has 1 atom stereocenters. The van der Waals surface area contributed by atoms with Gasteiger partial charge in [-0.3, -0.25) is 14.6 Å². The summed E-state index contributed by atoms with van der Waals surface area (Å²) in [5.74, 6) is 0.816. The van der Waals surface area contributed by atoms with Gasteiger partial charge in [-0.1, -0.05) is 60.7 Å². The van der Waals surface area contributed by atoms with E-state index in [1.807, 2.05) is 19.1 Å². The Labute approximate surface area is 178 Å². The highest BCUT2D eigenvalue weighted by Gasteiger charge is 2.30. The fraction of sp³-hybridized carbons (Fsp3) is 0.320. The van der Waals surface area contributed by atoms with E-state index in [1.165, 1.54) is 11.1 Å². The van der Waals surface area contributed by atoms with E-state index in [4.69, 9.17) is 4.42 Å². The summed E-state index contributed by atoms with van der Waals surface area (Å²) >= 11 is 0. The Morgan fingerprint density at radius 3 is 1.97 bits per heavy atom. The highest BCUT2D eigenvalue weighted by Crippen LogP contribution is 2.29. The van der Waals surface area contributed by atoms with Crippen LogP contribution in [0.25, 0.3) is 0 Å². The van der Waals surface area contributed by atoms with E-state index in [2.05, 4.69) is 75.8 Å². The van der Waals surface area contributed by atoms with Gasteiger partial charge in [0.15, 0.2) is 0 Å². The Morgan fingerprint density at radius 2 is 1.43 bits per heavy atom. The summed E-state index contributed by atoms with van der Waals surface area (Å²) in [4.78, 5) is 17.4. The lowest BCUT2D eigenvalue weighted by Crippen LogP contribution is -2.54. The first-order valence-corrected chi connectivity index (χ1v) is 10.6. The SMILES string of the molecule is C[C@H](C(=O)NCc1ccco1)N1CCN(C(c2ccccc2)c2ccccc2)CC1. The van der Waals surface area contributed by atoms with E-state index in [1.54, 1.807) is 6.26 Å². The van der Waals surface area contributed by atoms with E-state index in [0.29, 0.717) is 6.54 Å². The maximum Gasteiger partial charge on any atom is 0.237 e. The number of nitrogens with one attached hydrogen (secondary N) is 1. The Balaban J connectivity index is 1.39. The van der Waals surface area contributed by atoms with Gasteiger partial charge in [-0.2, -0.15) is 0 Å². The largest absolute Gasteiger partial charge is 0.467 e. The monoisotopic (exact) mass is 403 g/mol. The second-order valence-corrected chi connectivity index (χ2v) is 7.77. The van der Waals surface area contributed by atoms with Crippen molar-refractivity contribution < 1.29 is 9.21 Å². The summed E-state index contributed by atoms with van der Waals surface area (Å²) in [6.07, 6.45) is 1.63. The number of carbonyl (C=O) groups excluding carboxylic acids is 1. The second kappa shape index (κ2) is 9.74. The van der Waals surface area contributed by atoms with Crippen LogP contribution in [0.3, 0.4) is 0 Å². The molecule has 3 aromatic rings. The molecule has 30 heavy (non-hydrogen) atoms. The van der Waals surface area contributed by atoms with Gasteiger partial charge in [0.1, 0.15) is 5.76 Å². The number of nitrogens with zero attached hydrogens (tertiary/aromatic N) is 2. The molecule has 1 saturated heterocycles. The standard InChI is InChI=1S/C25H29N3O2/c1-20(25(29)26-19-23-13-8-18-30-23)27-14-16-28(17-15-27)24(21-9-4-2-5-10-21)22-11-6-3-7-12-22/h2-13,18,20,24H,14-17,19H2,1H3,(H,26,29)/t20-/m1/s1. The first-order valence-electron chi connectivity index (χ1n) is 10.6. The first kappa shape index (κ1) is 20.4. The fourth-order valence-electron chi connectivity index (χ4n) is 4.17. The zero-order valence-electron chi connectivity index (χ0n) is 17.4. The minimum Gasteiger partial charge on any atom is -0.467 e. The van der Waals surface area contributed by atoms with Crippen LogP contribution in [0.4, 0.5) is 0 Å². The summed E-state index contributed by atoms with van der Waals surface area (Å²) in [6.45, 7) is 5.99. The van der Waals surface area contributed by atoms with Crippen LogP contribution in [0.2, 0.25) is 0 Å². The third-order valence-corrected chi connectivity index (χ3v) is 5.89. The van der Waals surface area contributed by atoms with Crippen LogP contribution in [0.5, 0.6) is 0 Å². The van der Waals surface area contributed by atoms with Crippen molar-refractivity contribution in [2.75, 3.05) is 26.2 Å². The van der Waals surface area contributed by atoms with E-state index < -0.39 is 0 Å².